The first-order chi connectivity index (χ1) is 14.2. The van der Waals surface area contributed by atoms with E-state index in [0.717, 1.165) is 24.3 Å². The van der Waals surface area contributed by atoms with Gasteiger partial charge in [0, 0.05) is 30.4 Å². The van der Waals surface area contributed by atoms with Crippen molar-refractivity contribution < 1.29 is 9.53 Å². The number of benzene rings is 1. The van der Waals surface area contributed by atoms with Gasteiger partial charge in [-0.25, -0.2) is 9.67 Å². The van der Waals surface area contributed by atoms with Gasteiger partial charge in [-0.1, -0.05) is 12.1 Å². The van der Waals surface area contributed by atoms with Gasteiger partial charge in [-0.2, -0.15) is 10.2 Å². The summed E-state index contributed by atoms with van der Waals surface area (Å²) in [6, 6.07) is 15.1. The highest BCUT2D eigenvalue weighted by Crippen LogP contribution is 2.15. The standard InChI is InChI=1S/C21H20N6O2/c1-29-18-5-2-4-15(12-18)6-8-17-13-19(26-25-17)24-21(28)16-7-9-20(22-14-16)27-11-3-10-23-27/h2-5,7,9-14H,6,8H2,1H3,(H2,24,25,26,28). The van der Waals surface area contributed by atoms with Crippen LogP contribution in [0.1, 0.15) is 21.6 Å². The van der Waals surface area contributed by atoms with Crippen LogP contribution < -0.4 is 10.1 Å². The quantitative estimate of drug-likeness (QED) is 0.507. The minimum absolute atomic E-state index is 0.268. The molecule has 4 aromatic rings. The first kappa shape index (κ1) is 18.4. The van der Waals surface area contributed by atoms with Crippen LogP contribution in [0, 0.1) is 0 Å². The zero-order valence-corrected chi connectivity index (χ0v) is 15.9. The Morgan fingerprint density at radius 1 is 1.17 bits per heavy atom. The summed E-state index contributed by atoms with van der Waals surface area (Å²) in [7, 11) is 1.66. The number of hydrogen-bond acceptors (Lipinski definition) is 5. The van der Waals surface area contributed by atoms with Crippen LogP contribution in [0.3, 0.4) is 0 Å². The molecule has 0 saturated heterocycles. The number of aryl methyl sites for hydroxylation is 2. The molecule has 8 nitrogen and oxygen atoms in total. The van der Waals surface area contributed by atoms with Gasteiger partial charge in [-0.05, 0) is 48.7 Å². The maximum absolute atomic E-state index is 12.4. The van der Waals surface area contributed by atoms with Gasteiger partial charge in [0.2, 0.25) is 0 Å². The number of H-pyrrole nitrogens is 1. The number of methoxy groups -OCH3 is 1. The number of hydrogen-bond donors (Lipinski definition) is 2. The van der Waals surface area contributed by atoms with Crippen LogP contribution in [0.2, 0.25) is 0 Å². The highest BCUT2D eigenvalue weighted by atomic mass is 16.5. The smallest absolute Gasteiger partial charge is 0.258 e. The number of aromatic nitrogens is 5. The predicted molar refractivity (Wildman–Crippen MR) is 108 cm³/mol. The van der Waals surface area contributed by atoms with E-state index in [9.17, 15) is 4.79 Å². The second kappa shape index (κ2) is 8.39. The maximum Gasteiger partial charge on any atom is 0.258 e. The van der Waals surface area contributed by atoms with Crippen LogP contribution in [0.25, 0.3) is 5.82 Å². The Morgan fingerprint density at radius 2 is 2.10 bits per heavy atom. The molecule has 1 amide bonds. The van der Waals surface area contributed by atoms with Crippen LogP contribution in [0.15, 0.2) is 67.1 Å². The number of carbonyl (C=O) groups is 1. The summed E-state index contributed by atoms with van der Waals surface area (Å²) in [5.74, 6) is 1.69. The Hall–Kier alpha value is -3.94. The number of aromatic amines is 1. The van der Waals surface area contributed by atoms with Gasteiger partial charge in [-0.15, -0.1) is 0 Å². The highest BCUT2D eigenvalue weighted by molar-refractivity contribution is 6.03. The summed E-state index contributed by atoms with van der Waals surface area (Å²) in [5.41, 5.74) is 2.56. The third kappa shape index (κ3) is 4.49. The molecule has 0 radical (unpaired) electrons. The molecule has 0 aliphatic rings. The lowest BCUT2D eigenvalue weighted by molar-refractivity contribution is 0.102. The van der Waals surface area contributed by atoms with Gasteiger partial charge in [0.1, 0.15) is 5.75 Å². The van der Waals surface area contributed by atoms with Gasteiger partial charge in [0.25, 0.3) is 5.91 Å². The van der Waals surface area contributed by atoms with Crippen LogP contribution >= 0.6 is 0 Å². The van der Waals surface area contributed by atoms with E-state index in [-0.39, 0.29) is 5.91 Å². The first-order valence-electron chi connectivity index (χ1n) is 9.16. The normalized spacial score (nSPS) is 10.7. The summed E-state index contributed by atoms with van der Waals surface area (Å²) in [6.07, 6.45) is 6.59. The lowest BCUT2D eigenvalue weighted by Crippen LogP contribution is -2.13. The van der Waals surface area contributed by atoms with E-state index in [4.69, 9.17) is 4.74 Å². The molecule has 3 heterocycles. The average molecular weight is 388 g/mol. The molecule has 1 aromatic carbocycles. The van der Waals surface area contributed by atoms with E-state index in [1.807, 2.05) is 30.3 Å². The Labute approximate surface area is 167 Å². The molecular weight excluding hydrogens is 368 g/mol. The molecule has 4 rings (SSSR count). The minimum Gasteiger partial charge on any atom is -0.497 e. The fourth-order valence-electron chi connectivity index (χ4n) is 2.91. The first-order valence-corrected chi connectivity index (χ1v) is 9.16. The summed E-state index contributed by atoms with van der Waals surface area (Å²) < 4.78 is 6.88. The van der Waals surface area contributed by atoms with Crippen molar-refractivity contribution in [2.24, 2.45) is 0 Å². The lowest BCUT2D eigenvalue weighted by atomic mass is 10.1. The molecule has 2 N–H and O–H groups in total. The van der Waals surface area contributed by atoms with Gasteiger partial charge < -0.3 is 10.1 Å². The second-order valence-corrected chi connectivity index (χ2v) is 6.44. The molecular formula is C21H20N6O2. The van der Waals surface area contributed by atoms with Crippen molar-refractivity contribution in [1.29, 1.82) is 0 Å². The maximum atomic E-state index is 12.4. The predicted octanol–water partition coefficient (Wildman–Crippen LogP) is 3.04. The van der Waals surface area contributed by atoms with Crippen molar-refractivity contribution in [2.45, 2.75) is 12.8 Å². The Kier molecular flexibility index (Phi) is 5.33. The van der Waals surface area contributed by atoms with E-state index in [1.54, 1.807) is 36.3 Å². The third-order valence-electron chi connectivity index (χ3n) is 4.44. The molecule has 0 unspecified atom stereocenters. The van der Waals surface area contributed by atoms with E-state index < -0.39 is 0 Å². The molecule has 0 bridgehead atoms. The molecule has 29 heavy (non-hydrogen) atoms. The van der Waals surface area contributed by atoms with E-state index in [1.165, 1.54) is 11.8 Å². The zero-order chi connectivity index (χ0) is 20.1. The van der Waals surface area contributed by atoms with Crippen molar-refractivity contribution in [1.82, 2.24) is 25.0 Å². The van der Waals surface area contributed by atoms with Crippen LogP contribution in [-0.4, -0.2) is 38.0 Å². The number of nitrogens with one attached hydrogen (secondary N) is 2. The fourth-order valence-corrected chi connectivity index (χ4v) is 2.91. The zero-order valence-electron chi connectivity index (χ0n) is 15.9. The van der Waals surface area contributed by atoms with Gasteiger partial charge in [-0.3, -0.25) is 9.89 Å². The summed E-state index contributed by atoms with van der Waals surface area (Å²) in [4.78, 5) is 16.7. The third-order valence-corrected chi connectivity index (χ3v) is 4.44. The SMILES string of the molecule is COc1cccc(CCc2cc(NC(=O)c3ccc(-n4cccn4)nc3)n[nH]2)c1. The Bertz CT molecular complexity index is 1090. The fraction of sp³-hybridized carbons (Fsp3) is 0.143. The monoisotopic (exact) mass is 388 g/mol. The van der Waals surface area contributed by atoms with Crippen molar-refractivity contribution in [3.63, 3.8) is 0 Å². The van der Waals surface area contributed by atoms with E-state index >= 15 is 0 Å². The molecule has 0 atom stereocenters. The second-order valence-electron chi connectivity index (χ2n) is 6.44. The number of anilines is 1. The van der Waals surface area contributed by atoms with E-state index in [2.05, 4.69) is 31.7 Å². The number of ether oxygens (including phenoxy) is 1. The van der Waals surface area contributed by atoms with Crippen LogP contribution in [0.5, 0.6) is 5.75 Å². The lowest BCUT2D eigenvalue weighted by Gasteiger charge is -2.04. The Morgan fingerprint density at radius 3 is 2.86 bits per heavy atom. The Balaban J connectivity index is 1.35. The number of rotatable bonds is 7. The largest absolute Gasteiger partial charge is 0.497 e. The van der Waals surface area contributed by atoms with Crippen LogP contribution in [-0.2, 0) is 12.8 Å². The van der Waals surface area contributed by atoms with Crippen molar-refractivity contribution in [3.8, 4) is 11.6 Å². The highest BCUT2D eigenvalue weighted by Gasteiger charge is 2.10. The molecule has 0 spiro atoms. The minimum atomic E-state index is -0.268. The van der Waals surface area contributed by atoms with Crippen molar-refractivity contribution >= 4 is 11.7 Å². The summed E-state index contributed by atoms with van der Waals surface area (Å²) in [6.45, 7) is 0. The number of pyridine rings is 1. The molecule has 0 fully saturated rings. The van der Waals surface area contributed by atoms with Crippen LogP contribution in [0.4, 0.5) is 5.82 Å². The molecule has 0 aliphatic heterocycles. The van der Waals surface area contributed by atoms with Gasteiger partial charge >= 0.3 is 0 Å². The average Bonchev–Trinajstić information content (AvgIpc) is 3.45. The molecule has 8 heteroatoms. The van der Waals surface area contributed by atoms with Crippen molar-refractivity contribution in [2.75, 3.05) is 12.4 Å². The summed E-state index contributed by atoms with van der Waals surface area (Å²) >= 11 is 0. The topological polar surface area (TPSA) is 97.7 Å². The molecule has 146 valence electrons. The molecule has 0 aliphatic carbocycles. The van der Waals surface area contributed by atoms with E-state index in [0.29, 0.717) is 17.2 Å². The number of nitrogens with zero attached hydrogens (tertiary/aromatic N) is 4. The number of carbonyl (C=O) groups excluding carboxylic acids is 1. The number of amides is 1. The summed E-state index contributed by atoms with van der Waals surface area (Å²) in [5, 5.41) is 14.0. The molecule has 3 aromatic heterocycles. The van der Waals surface area contributed by atoms with Crippen molar-refractivity contribution in [3.05, 3.63) is 83.9 Å². The van der Waals surface area contributed by atoms with Gasteiger partial charge in [0.05, 0.1) is 12.7 Å². The molecule has 0 saturated carbocycles. The van der Waals surface area contributed by atoms with Gasteiger partial charge in [0.15, 0.2) is 11.6 Å².